The summed E-state index contributed by atoms with van der Waals surface area (Å²) in [4.78, 5) is 6.86. The highest BCUT2D eigenvalue weighted by atomic mass is 15.1. The lowest BCUT2D eigenvalue weighted by Crippen LogP contribution is -2.32. The number of hydrogen-bond donors (Lipinski definition) is 1. The molecule has 3 nitrogen and oxygen atoms in total. The van der Waals surface area contributed by atoms with Gasteiger partial charge in [-0.05, 0) is 45.4 Å². The summed E-state index contributed by atoms with van der Waals surface area (Å²) >= 11 is 0. The largest absolute Gasteiger partial charge is 0.369 e. The second-order valence-corrected chi connectivity index (χ2v) is 4.73. The lowest BCUT2D eigenvalue weighted by atomic mass is 10.2. The van der Waals surface area contributed by atoms with E-state index in [0.717, 1.165) is 31.7 Å². The van der Waals surface area contributed by atoms with Gasteiger partial charge in [-0.15, -0.1) is 0 Å². The SMILES string of the molecule is CCCNCc1cc(N(CC)C(C)CC)ccn1. The van der Waals surface area contributed by atoms with Crippen molar-refractivity contribution in [3.8, 4) is 0 Å². The molecule has 0 saturated carbocycles. The zero-order valence-corrected chi connectivity index (χ0v) is 12.2. The van der Waals surface area contributed by atoms with Gasteiger partial charge in [-0.25, -0.2) is 0 Å². The molecule has 0 aliphatic carbocycles. The van der Waals surface area contributed by atoms with Crippen LogP contribution >= 0.6 is 0 Å². The van der Waals surface area contributed by atoms with E-state index in [0.29, 0.717) is 6.04 Å². The van der Waals surface area contributed by atoms with Gasteiger partial charge in [-0.2, -0.15) is 0 Å². The molecule has 1 aromatic heterocycles. The van der Waals surface area contributed by atoms with E-state index < -0.39 is 0 Å². The van der Waals surface area contributed by atoms with Gasteiger partial charge in [0.05, 0.1) is 5.69 Å². The van der Waals surface area contributed by atoms with Crippen LogP contribution < -0.4 is 10.2 Å². The zero-order chi connectivity index (χ0) is 13.4. The van der Waals surface area contributed by atoms with Crippen LogP contribution in [0.2, 0.25) is 0 Å². The van der Waals surface area contributed by atoms with Gasteiger partial charge in [0.15, 0.2) is 0 Å². The number of anilines is 1. The first-order valence-corrected chi connectivity index (χ1v) is 7.15. The van der Waals surface area contributed by atoms with Crippen LogP contribution in [0.1, 0.15) is 46.2 Å². The molecule has 18 heavy (non-hydrogen) atoms. The summed E-state index contributed by atoms with van der Waals surface area (Å²) in [5, 5.41) is 3.40. The second kappa shape index (κ2) is 8.09. The van der Waals surface area contributed by atoms with E-state index in [4.69, 9.17) is 0 Å². The molecule has 0 amide bonds. The molecule has 1 heterocycles. The molecule has 0 radical (unpaired) electrons. The maximum Gasteiger partial charge on any atom is 0.0562 e. The molecule has 0 aliphatic heterocycles. The van der Waals surface area contributed by atoms with Crippen LogP contribution in [0.4, 0.5) is 5.69 Å². The molecular formula is C15H27N3. The van der Waals surface area contributed by atoms with E-state index in [1.165, 1.54) is 12.1 Å². The van der Waals surface area contributed by atoms with Crippen molar-refractivity contribution in [3.05, 3.63) is 24.0 Å². The van der Waals surface area contributed by atoms with Crippen LogP contribution in [-0.2, 0) is 6.54 Å². The molecule has 1 N–H and O–H groups in total. The number of hydrogen-bond acceptors (Lipinski definition) is 3. The van der Waals surface area contributed by atoms with E-state index in [9.17, 15) is 0 Å². The summed E-state index contributed by atoms with van der Waals surface area (Å²) < 4.78 is 0. The Labute approximate surface area is 112 Å². The molecule has 1 unspecified atom stereocenters. The third-order valence-corrected chi connectivity index (χ3v) is 3.33. The Balaban J connectivity index is 2.73. The topological polar surface area (TPSA) is 28.2 Å². The van der Waals surface area contributed by atoms with E-state index in [1.807, 2.05) is 6.20 Å². The molecule has 3 heteroatoms. The van der Waals surface area contributed by atoms with Gasteiger partial charge in [0.2, 0.25) is 0 Å². The van der Waals surface area contributed by atoms with Crippen LogP contribution in [0.5, 0.6) is 0 Å². The van der Waals surface area contributed by atoms with Gasteiger partial charge in [0.25, 0.3) is 0 Å². The predicted molar refractivity (Wildman–Crippen MR) is 79.0 cm³/mol. The quantitative estimate of drug-likeness (QED) is 0.717. The van der Waals surface area contributed by atoms with Crippen molar-refractivity contribution in [1.82, 2.24) is 10.3 Å². The fraction of sp³-hybridized carbons (Fsp3) is 0.667. The average molecular weight is 249 g/mol. The highest BCUT2D eigenvalue weighted by Gasteiger charge is 2.11. The van der Waals surface area contributed by atoms with E-state index in [-0.39, 0.29) is 0 Å². The summed E-state index contributed by atoms with van der Waals surface area (Å²) in [5.74, 6) is 0. The third-order valence-electron chi connectivity index (χ3n) is 3.33. The molecule has 0 bridgehead atoms. The molecule has 102 valence electrons. The minimum atomic E-state index is 0.578. The lowest BCUT2D eigenvalue weighted by molar-refractivity contribution is 0.627. The molecule has 0 fully saturated rings. The third kappa shape index (κ3) is 4.30. The first-order valence-electron chi connectivity index (χ1n) is 7.15. The van der Waals surface area contributed by atoms with E-state index in [2.05, 4.69) is 55.0 Å². The number of aromatic nitrogens is 1. The monoisotopic (exact) mass is 249 g/mol. The Kier molecular flexibility index (Phi) is 6.73. The van der Waals surface area contributed by atoms with Gasteiger partial charge >= 0.3 is 0 Å². The molecule has 0 aromatic carbocycles. The lowest BCUT2D eigenvalue weighted by Gasteiger charge is -2.29. The van der Waals surface area contributed by atoms with Crippen molar-refractivity contribution in [3.63, 3.8) is 0 Å². The summed E-state index contributed by atoms with van der Waals surface area (Å²) in [6, 6.07) is 4.89. The number of nitrogens with zero attached hydrogens (tertiary/aromatic N) is 2. The van der Waals surface area contributed by atoms with Crippen LogP contribution in [0, 0.1) is 0 Å². The van der Waals surface area contributed by atoms with Crippen LogP contribution in [0.15, 0.2) is 18.3 Å². The van der Waals surface area contributed by atoms with Crippen molar-refractivity contribution >= 4 is 5.69 Å². The number of nitrogens with one attached hydrogen (secondary N) is 1. The Bertz CT molecular complexity index is 338. The Hall–Kier alpha value is -1.09. The van der Waals surface area contributed by atoms with E-state index in [1.54, 1.807) is 0 Å². The minimum Gasteiger partial charge on any atom is -0.369 e. The average Bonchev–Trinajstić information content (AvgIpc) is 2.40. The molecule has 0 spiro atoms. The maximum atomic E-state index is 4.42. The fourth-order valence-corrected chi connectivity index (χ4v) is 2.10. The first kappa shape index (κ1) is 15.0. The fourth-order valence-electron chi connectivity index (χ4n) is 2.10. The molecule has 0 aliphatic rings. The smallest absolute Gasteiger partial charge is 0.0562 e. The normalized spacial score (nSPS) is 12.4. The van der Waals surface area contributed by atoms with Gasteiger partial charge in [-0.3, -0.25) is 4.98 Å². The second-order valence-electron chi connectivity index (χ2n) is 4.73. The highest BCUT2D eigenvalue weighted by Crippen LogP contribution is 2.18. The summed E-state index contributed by atoms with van der Waals surface area (Å²) in [7, 11) is 0. The minimum absolute atomic E-state index is 0.578. The number of rotatable bonds is 8. The Morgan fingerprint density at radius 3 is 2.72 bits per heavy atom. The zero-order valence-electron chi connectivity index (χ0n) is 12.2. The van der Waals surface area contributed by atoms with Gasteiger partial charge in [-0.1, -0.05) is 13.8 Å². The first-order chi connectivity index (χ1) is 8.72. The van der Waals surface area contributed by atoms with Crippen molar-refractivity contribution in [2.75, 3.05) is 18.0 Å². The Morgan fingerprint density at radius 1 is 1.33 bits per heavy atom. The molecule has 0 saturated heterocycles. The highest BCUT2D eigenvalue weighted by molar-refractivity contribution is 5.47. The van der Waals surface area contributed by atoms with Crippen LogP contribution in [0.25, 0.3) is 0 Å². The van der Waals surface area contributed by atoms with Crippen molar-refractivity contribution in [2.24, 2.45) is 0 Å². The number of pyridine rings is 1. The van der Waals surface area contributed by atoms with Crippen molar-refractivity contribution < 1.29 is 0 Å². The summed E-state index contributed by atoms with van der Waals surface area (Å²) in [6.07, 6.45) is 4.25. The maximum absolute atomic E-state index is 4.42. The van der Waals surface area contributed by atoms with Crippen molar-refractivity contribution in [1.29, 1.82) is 0 Å². The summed E-state index contributed by atoms with van der Waals surface area (Å²) in [5.41, 5.74) is 2.41. The predicted octanol–water partition coefficient (Wildman–Crippen LogP) is 3.21. The molecule has 1 aromatic rings. The van der Waals surface area contributed by atoms with Crippen LogP contribution in [-0.4, -0.2) is 24.1 Å². The van der Waals surface area contributed by atoms with Gasteiger partial charge < -0.3 is 10.2 Å². The Morgan fingerprint density at radius 2 is 2.11 bits per heavy atom. The molecule has 1 rings (SSSR count). The van der Waals surface area contributed by atoms with Crippen LogP contribution in [0.3, 0.4) is 0 Å². The standard InChI is InChI=1S/C15H27N3/c1-5-9-16-12-14-11-15(8-10-17-14)18(7-3)13(4)6-2/h8,10-11,13,16H,5-7,9,12H2,1-4H3. The van der Waals surface area contributed by atoms with Crippen molar-refractivity contribution in [2.45, 2.75) is 53.1 Å². The van der Waals surface area contributed by atoms with Gasteiger partial charge in [0, 0.05) is 31.0 Å². The molecular weight excluding hydrogens is 222 g/mol. The summed E-state index contributed by atoms with van der Waals surface area (Å²) in [6.45, 7) is 11.9. The molecule has 1 atom stereocenters. The van der Waals surface area contributed by atoms with E-state index >= 15 is 0 Å². The van der Waals surface area contributed by atoms with Gasteiger partial charge in [0.1, 0.15) is 0 Å².